The van der Waals surface area contributed by atoms with E-state index in [1.54, 1.807) is 35.6 Å². The van der Waals surface area contributed by atoms with Crippen LogP contribution in [0.2, 0.25) is 0 Å². The third-order valence-corrected chi connectivity index (χ3v) is 7.97. The van der Waals surface area contributed by atoms with Crippen LogP contribution in [0.25, 0.3) is 0 Å². The summed E-state index contributed by atoms with van der Waals surface area (Å²) >= 11 is 1.70. The predicted octanol–water partition coefficient (Wildman–Crippen LogP) is 2.87. The van der Waals surface area contributed by atoms with E-state index in [0.717, 1.165) is 50.3 Å². The summed E-state index contributed by atoms with van der Waals surface area (Å²) in [7, 11) is -3.42. The number of hydrogen-bond acceptors (Lipinski definition) is 5. The first-order chi connectivity index (χ1) is 12.1. The second kappa shape index (κ2) is 6.79. The Morgan fingerprint density at radius 2 is 1.96 bits per heavy atom. The minimum absolute atomic E-state index is 0.0692. The number of sulfonamides is 1. The third kappa shape index (κ3) is 3.51. The van der Waals surface area contributed by atoms with Gasteiger partial charge in [0, 0.05) is 17.6 Å². The lowest BCUT2D eigenvalue weighted by Gasteiger charge is -2.53. The molecule has 25 heavy (non-hydrogen) atoms. The molecule has 0 unspecified atom stereocenters. The summed E-state index contributed by atoms with van der Waals surface area (Å²) in [5.41, 5.74) is 0.140. The maximum atomic E-state index is 12.6. The Kier molecular flexibility index (Phi) is 4.66. The lowest BCUT2D eigenvalue weighted by atomic mass is 9.60. The molecule has 1 saturated heterocycles. The molecule has 2 fully saturated rings. The molecule has 1 saturated carbocycles. The topological polar surface area (TPSA) is 62.3 Å². The van der Waals surface area contributed by atoms with E-state index < -0.39 is 10.0 Å². The molecule has 7 heteroatoms. The van der Waals surface area contributed by atoms with Crippen molar-refractivity contribution in [1.82, 2.24) is 14.6 Å². The Morgan fingerprint density at radius 3 is 2.56 bits per heavy atom. The van der Waals surface area contributed by atoms with E-state index in [9.17, 15) is 8.42 Å². The first-order valence-corrected chi connectivity index (χ1v) is 11.1. The summed E-state index contributed by atoms with van der Waals surface area (Å²) in [6.45, 7) is 2.94. The fourth-order valence-electron chi connectivity index (χ4n) is 4.01. The van der Waals surface area contributed by atoms with Crippen molar-refractivity contribution in [3.63, 3.8) is 0 Å². The van der Waals surface area contributed by atoms with Gasteiger partial charge in [-0.3, -0.25) is 4.90 Å². The number of nitrogens with one attached hydrogen (secondary N) is 1. The second-order valence-electron chi connectivity index (χ2n) is 7.09. The number of aromatic nitrogens is 1. The maximum absolute atomic E-state index is 12.6. The van der Waals surface area contributed by atoms with Crippen LogP contribution < -0.4 is 4.72 Å². The molecule has 1 aliphatic heterocycles. The SMILES string of the molecule is O=S(=O)(N[C@@H]1CCC12CCN(Cc1nccs1)CC2)c1ccccc1. The summed E-state index contributed by atoms with van der Waals surface area (Å²) in [5.74, 6) is 0. The van der Waals surface area contributed by atoms with E-state index in [1.807, 2.05) is 17.6 Å². The number of piperidine rings is 1. The van der Waals surface area contributed by atoms with Crippen molar-refractivity contribution in [2.24, 2.45) is 5.41 Å². The van der Waals surface area contributed by atoms with Crippen LogP contribution >= 0.6 is 11.3 Å². The van der Waals surface area contributed by atoms with Crippen LogP contribution in [-0.4, -0.2) is 37.4 Å². The highest BCUT2D eigenvalue weighted by atomic mass is 32.2. The standard InChI is InChI=1S/C18H23N3O2S2/c22-25(23,15-4-2-1-3-5-15)20-16-6-7-18(16)8-11-21(12-9-18)14-17-19-10-13-24-17/h1-5,10,13,16,20H,6-9,11-12,14H2/t16-/m1/s1. The van der Waals surface area contributed by atoms with Gasteiger partial charge >= 0.3 is 0 Å². The van der Waals surface area contributed by atoms with E-state index in [-0.39, 0.29) is 11.5 Å². The molecule has 0 amide bonds. The van der Waals surface area contributed by atoms with Gasteiger partial charge in [-0.2, -0.15) is 0 Å². The number of rotatable bonds is 5. The van der Waals surface area contributed by atoms with Crippen molar-refractivity contribution < 1.29 is 8.42 Å². The molecule has 5 nitrogen and oxygen atoms in total. The number of thiazole rings is 1. The van der Waals surface area contributed by atoms with Gasteiger partial charge in [0.25, 0.3) is 0 Å². The van der Waals surface area contributed by atoms with Crippen molar-refractivity contribution in [2.45, 2.75) is 43.2 Å². The molecule has 4 rings (SSSR count). The highest BCUT2D eigenvalue weighted by Gasteiger charge is 2.49. The molecule has 2 aromatic rings. The van der Waals surface area contributed by atoms with Gasteiger partial charge in [-0.25, -0.2) is 18.1 Å². The number of hydrogen-bond donors (Lipinski definition) is 1. The molecule has 1 aromatic heterocycles. The molecule has 0 radical (unpaired) electrons. The van der Waals surface area contributed by atoms with Gasteiger partial charge in [-0.05, 0) is 56.3 Å². The fraction of sp³-hybridized carbons (Fsp3) is 0.500. The quantitative estimate of drug-likeness (QED) is 0.870. The lowest BCUT2D eigenvalue weighted by Crippen LogP contribution is -2.58. The van der Waals surface area contributed by atoms with E-state index in [0.29, 0.717) is 4.90 Å². The summed E-state index contributed by atoms with van der Waals surface area (Å²) in [6.07, 6.45) is 6.03. The van der Waals surface area contributed by atoms with Gasteiger partial charge in [0.05, 0.1) is 11.4 Å². The van der Waals surface area contributed by atoms with Crippen LogP contribution in [-0.2, 0) is 16.6 Å². The van der Waals surface area contributed by atoms with Gasteiger partial charge in [0.15, 0.2) is 0 Å². The third-order valence-electron chi connectivity index (χ3n) is 5.72. The van der Waals surface area contributed by atoms with Crippen LogP contribution in [0.4, 0.5) is 0 Å². The van der Waals surface area contributed by atoms with Crippen LogP contribution in [0, 0.1) is 5.41 Å². The van der Waals surface area contributed by atoms with Gasteiger partial charge in [0.2, 0.25) is 10.0 Å². The number of likely N-dealkylation sites (tertiary alicyclic amines) is 1. The van der Waals surface area contributed by atoms with Crippen LogP contribution in [0.3, 0.4) is 0 Å². The normalized spacial score (nSPS) is 23.4. The Morgan fingerprint density at radius 1 is 1.20 bits per heavy atom. The average molecular weight is 378 g/mol. The Hall–Kier alpha value is -1.28. The molecule has 1 N–H and O–H groups in total. The second-order valence-corrected chi connectivity index (χ2v) is 9.78. The predicted molar refractivity (Wildman–Crippen MR) is 98.8 cm³/mol. The zero-order chi connectivity index (χ0) is 17.3. The van der Waals surface area contributed by atoms with Crippen LogP contribution in [0.1, 0.15) is 30.7 Å². The molecular weight excluding hydrogens is 354 g/mol. The van der Waals surface area contributed by atoms with Gasteiger partial charge in [-0.1, -0.05) is 18.2 Å². The van der Waals surface area contributed by atoms with E-state index in [4.69, 9.17) is 0 Å². The molecule has 1 atom stereocenters. The monoisotopic (exact) mass is 377 g/mol. The molecule has 134 valence electrons. The summed E-state index contributed by atoms with van der Waals surface area (Å²) in [5, 5.41) is 3.17. The van der Waals surface area contributed by atoms with Gasteiger partial charge < -0.3 is 0 Å². The van der Waals surface area contributed by atoms with Crippen molar-refractivity contribution in [2.75, 3.05) is 13.1 Å². The van der Waals surface area contributed by atoms with E-state index >= 15 is 0 Å². The summed E-state index contributed by atoms with van der Waals surface area (Å²) in [4.78, 5) is 7.16. The maximum Gasteiger partial charge on any atom is 0.240 e. The van der Waals surface area contributed by atoms with Crippen LogP contribution in [0.15, 0.2) is 46.8 Å². The largest absolute Gasteiger partial charge is 0.297 e. The fourth-order valence-corrected chi connectivity index (χ4v) is 6.06. The first kappa shape index (κ1) is 17.1. The minimum atomic E-state index is -3.42. The molecular formula is C18H23N3O2S2. The van der Waals surface area contributed by atoms with Crippen molar-refractivity contribution in [3.8, 4) is 0 Å². The van der Waals surface area contributed by atoms with Gasteiger partial charge in [-0.15, -0.1) is 11.3 Å². The number of nitrogens with zero attached hydrogens (tertiary/aromatic N) is 2. The van der Waals surface area contributed by atoms with Crippen molar-refractivity contribution in [3.05, 3.63) is 46.9 Å². The smallest absolute Gasteiger partial charge is 0.240 e. The van der Waals surface area contributed by atoms with Crippen LogP contribution in [0.5, 0.6) is 0 Å². The number of benzene rings is 1. The summed E-state index contributed by atoms with van der Waals surface area (Å²) < 4.78 is 28.2. The Bertz CT molecular complexity index is 798. The Balaban J connectivity index is 1.38. The van der Waals surface area contributed by atoms with E-state index in [1.165, 1.54) is 0 Å². The zero-order valence-corrected chi connectivity index (χ0v) is 15.7. The molecule has 1 spiro atoms. The highest BCUT2D eigenvalue weighted by Crippen LogP contribution is 2.49. The summed E-state index contributed by atoms with van der Waals surface area (Å²) in [6, 6.07) is 8.75. The Labute approximate surface area is 153 Å². The highest BCUT2D eigenvalue weighted by molar-refractivity contribution is 7.89. The average Bonchev–Trinajstić information content (AvgIpc) is 3.13. The molecule has 0 bridgehead atoms. The molecule has 1 aliphatic carbocycles. The van der Waals surface area contributed by atoms with E-state index in [2.05, 4.69) is 14.6 Å². The first-order valence-electron chi connectivity index (χ1n) is 8.76. The minimum Gasteiger partial charge on any atom is -0.297 e. The molecule has 2 aliphatic rings. The zero-order valence-electron chi connectivity index (χ0n) is 14.1. The van der Waals surface area contributed by atoms with Gasteiger partial charge in [0.1, 0.15) is 5.01 Å². The lowest BCUT2D eigenvalue weighted by molar-refractivity contribution is 0.000690. The van der Waals surface area contributed by atoms with Crippen molar-refractivity contribution in [1.29, 1.82) is 0 Å². The van der Waals surface area contributed by atoms with Crippen molar-refractivity contribution >= 4 is 21.4 Å². The molecule has 2 heterocycles. The molecule has 1 aromatic carbocycles.